The number of aliphatic carboxylic acids is 2. The highest BCUT2D eigenvalue weighted by molar-refractivity contribution is 5.94. The number of aromatic amines is 1. The van der Waals surface area contributed by atoms with Crippen LogP contribution >= 0.6 is 0 Å². The van der Waals surface area contributed by atoms with Crippen LogP contribution in [0.1, 0.15) is 45.2 Å². The molecule has 34 heavy (non-hydrogen) atoms. The van der Waals surface area contributed by atoms with Crippen LogP contribution in [-0.4, -0.2) is 85.5 Å². The molecule has 1 fully saturated rings. The molecule has 2 rings (SSSR count). The fraction of sp³-hybridized carbons (Fsp3) is 0.619. The van der Waals surface area contributed by atoms with Crippen molar-refractivity contribution in [1.29, 1.82) is 0 Å². The van der Waals surface area contributed by atoms with Gasteiger partial charge in [0.15, 0.2) is 0 Å². The first-order valence-electron chi connectivity index (χ1n) is 11.1. The van der Waals surface area contributed by atoms with Gasteiger partial charge in [0.1, 0.15) is 18.1 Å². The number of nitrogens with zero attached hydrogens (tertiary/aromatic N) is 2. The van der Waals surface area contributed by atoms with Crippen molar-refractivity contribution in [2.75, 3.05) is 6.54 Å². The molecule has 7 N–H and O–H groups in total. The molecule has 0 saturated carbocycles. The van der Waals surface area contributed by atoms with E-state index >= 15 is 0 Å². The Hall–Kier alpha value is -3.48. The zero-order valence-electron chi connectivity index (χ0n) is 19.2. The van der Waals surface area contributed by atoms with Crippen LogP contribution in [0.2, 0.25) is 0 Å². The fourth-order valence-corrected chi connectivity index (χ4v) is 3.77. The number of amides is 3. The predicted octanol–water partition coefficient (Wildman–Crippen LogP) is -1.15. The van der Waals surface area contributed by atoms with E-state index < -0.39 is 60.2 Å². The maximum absolute atomic E-state index is 13.1. The number of nitrogens with one attached hydrogen (secondary N) is 3. The molecule has 0 spiro atoms. The number of rotatable bonds is 12. The Bertz CT molecular complexity index is 888. The van der Waals surface area contributed by atoms with E-state index in [0.29, 0.717) is 18.5 Å². The lowest BCUT2D eigenvalue weighted by Crippen LogP contribution is -2.58. The molecule has 0 aromatic carbocycles. The maximum atomic E-state index is 13.1. The van der Waals surface area contributed by atoms with E-state index in [4.69, 9.17) is 10.8 Å². The molecule has 13 heteroatoms. The van der Waals surface area contributed by atoms with Crippen molar-refractivity contribution in [2.24, 2.45) is 11.7 Å². The minimum Gasteiger partial charge on any atom is -0.481 e. The third-order valence-corrected chi connectivity index (χ3v) is 5.66. The van der Waals surface area contributed by atoms with Crippen LogP contribution in [0, 0.1) is 5.92 Å². The molecule has 1 aliphatic rings. The van der Waals surface area contributed by atoms with Crippen LogP contribution in [0.4, 0.5) is 0 Å². The molecular formula is C21H32N6O7. The molecule has 3 amide bonds. The topological polar surface area (TPSA) is 208 Å². The zero-order valence-corrected chi connectivity index (χ0v) is 19.2. The van der Waals surface area contributed by atoms with Crippen molar-refractivity contribution in [2.45, 2.75) is 70.1 Å². The highest BCUT2D eigenvalue weighted by atomic mass is 16.4. The number of carboxylic acid groups (broad SMARTS) is 2. The van der Waals surface area contributed by atoms with Gasteiger partial charge < -0.3 is 36.5 Å². The molecule has 1 aromatic rings. The third-order valence-electron chi connectivity index (χ3n) is 5.66. The van der Waals surface area contributed by atoms with E-state index in [-0.39, 0.29) is 25.3 Å². The summed E-state index contributed by atoms with van der Waals surface area (Å²) in [6.45, 7) is 3.65. The number of carbonyl (C=O) groups is 5. The van der Waals surface area contributed by atoms with Gasteiger partial charge in [-0.2, -0.15) is 0 Å². The quantitative estimate of drug-likeness (QED) is 0.213. The van der Waals surface area contributed by atoms with E-state index in [0.717, 1.165) is 0 Å². The second-order valence-electron chi connectivity index (χ2n) is 8.64. The van der Waals surface area contributed by atoms with Crippen LogP contribution in [0.15, 0.2) is 12.5 Å². The molecule has 0 radical (unpaired) electrons. The number of likely N-dealkylation sites (tertiary alicyclic amines) is 1. The summed E-state index contributed by atoms with van der Waals surface area (Å²) in [5.74, 6) is -4.61. The summed E-state index contributed by atoms with van der Waals surface area (Å²) in [5.41, 5.74) is 6.52. The van der Waals surface area contributed by atoms with Gasteiger partial charge in [-0.15, -0.1) is 0 Å². The number of carboxylic acids is 2. The number of H-pyrrole nitrogens is 1. The van der Waals surface area contributed by atoms with E-state index in [2.05, 4.69) is 20.6 Å². The molecule has 188 valence electrons. The highest BCUT2D eigenvalue weighted by Gasteiger charge is 2.39. The standard InChI is InChI=1S/C21H32N6O7/c1-11(2)17(20(32)27-7-3-4-15(27)21(33)34)26-19(31)14(5-6-16(28)29)25-18(30)13(22)8-12-9-23-10-24-12/h9-11,13-15,17H,3-8,22H2,1-2H3,(H,23,24)(H,25,30)(H,26,31)(H,28,29)(H,33,34). The lowest BCUT2D eigenvalue weighted by atomic mass is 10.0. The van der Waals surface area contributed by atoms with E-state index in [1.54, 1.807) is 13.8 Å². The molecule has 4 atom stereocenters. The average Bonchev–Trinajstić information content (AvgIpc) is 3.45. The minimum atomic E-state index is -1.25. The first-order chi connectivity index (χ1) is 16.0. The van der Waals surface area contributed by atoms with Crippen molar-refractivity contribution in [3.8, 4) is 0 Å². The van der Waals surface area contributed by atoms with Gasteiger partial charge in [0.05, 0.1) is 12.4 Å². The van der Waals surface area contributed by atoms with Gasteiger partial charge >= 0.3 is 11.9 Å². The molecule has 4 unspecified atom stereocenters. The van der Waals surface area contributed by atoms with Crippen molar-refractivity contribution in [3.05, 3.63) is 18.2 Å². The summed E-state index contributed by atoms with van der Waals surface area (Å²) in [6.07, 6.45) is 3.30. The van der Waals surface area contributed by atoms with Gasteiger partial charge in [0.25, 0.3) is 0 Å². The summed E-state index contributed by atoms with van der Waals surface area (Å²) in [4.78, 5) is 69.1. The van der Waals surface area contributed by atoms with Crippen LogP contribution in [0.5, 0.6) is 0 Å². The first kappa shape index (κ1) is 26.8. The summed E-state index contributed by atoms with van der Waals surface area (Å²) in [7, 11) is 0. The van der Waals surface area contributed by atoms with E-state index in [9.17, 15) is 29.1 Å². The number of carbonyl (C=O) groups excluding carboxylic acids is 3. The van der Waals surface area contributed by atoms with Crippen molar-refractivity contribution >= 4 is 29.7 Å². The Morgan fingerprint density at radius 1 is 1.21 bits per heavy atom. The number of imidazole rings is 1. The van der Waals surface area contributed by atoms with Crippen molar-refractivity contribution in [3.63, 3.8) is 0 Å². The molecular weight excluding hydrogens is 448 g/mol. The van der Waals surface area contributed by atoms with Crippen LogP contribution < -0.4 is 16.4 Å². The zero-order chi connectivity index (χ0) is 25.4. The summed E-state index contributed by atoms with van der Waals surface area (Å²) in [6, 6.07) is -4.28. The van der Waals surface area contributed by atoms with Crippen LogP contribution in [0.3, 0.4) is 0 Å². The minimum absolute atomic E-state index is 0.123. The Morgan fingerprint density at radius 2 is 1.91 bits per heavy atom. The molecule has 13 nitrogen and oxygen atoms in total. The van der Waals surface area contributed by atoms with Crippen LogP contribution in [0.25, 0.3) is 0 Å². The number of hydrogen-bond acceptors (Lipinski definition) is 7. The normalized spacial score (nSPS) is 18.2. The maximum Gasteiger partial charge on any atom is 0.326 e. The second-order valence-corrected chi connectivity index (χ2v) is 8.64. The Labute approximate surface area is 196 Å². The lowest BCUT2D eigenvalue weighted by Gasteiger charge is -2.30. The van der Waals surface area contributed by atoms with Gasteiger partial charge in [-0.05, 0) is 25.2 Å². The smallest absolute Gasteiger partial charge is 0.326 e. The van der Waals surface area contributed by atoms with Gasteiger partial charge in [-0.3, -0.25) is 19.2 Å². The number of nitrogens with two attached hydrogens (primary N) is 1. The van der Waals surface area contributed by atoms with Crippen molar-refractivity contribution < 1.29 is 34.2 Å². The molecule has 0 aliphatic carbocycles. The average molecular weight is 481 g/mol. The number of hydrogen-bond donors (Lipinski definition) is 6. The first-order valence-corrected chi connectivity index (χ1v) is 11.1. The second kappa shape index (κ2) is 12.1. The fourth-order valence-electron chi connectivity index (χ4n) is 3.77. The van der Waals surface area contributed by atoms with Gasteiger partial charge in [-0.25, -0.2) is 9.78 Å². The lowest BCUT2D eigenvalue weighted by molar-refractivity contribution is -0.150. The van der Waals surface area contributed by atoms with Crippen molar-refractivity contribution in [1.82, 2.24) is 25.5 Å². The Kier molecular flexibility index (Phi) is 9.54. The van der Waals surface area contributed by atoms with Gasteiger partial charge in [0.2, 0.25) is 17.7 Å². The molecule has 0 bridgehead atoms. The predicted molar refractivity (Wildman–Crippen MR) is 118 cm³/mol. The largest absolute Gasteiger partial charge is 0.481 e. The van der Waals surface area contributed by atoms with E-state index in [1.807, 2.05) is 0 Å². The highest BCUT2D eigenvalue weighted by Crippen LogP contribution is 2.20. The third kappa shape index (κ3) is 7.27. The van der Waals surface area contributed by atoms with Gasteiger partial charge in [-0.1, -0.05) is 13.8 Å². The summed E-state index contributed by atoms with van der Waals surface area (Å²) in [5, 5.41) is 23.5. The molecule has 1 aromatic heterocycles. The van der Waals surface area contributed by atoms with Crippen LogP contribution in [-0.2, 0) is 30.4 Å². The van der Waals surface area contributed by atoms with Gasteiger partial charge in [0, 0.05) is 31.3 Å². The van der Waals surface area contributed by atoms with E-state index in [1.165, 1.54) is 17.4 Å². The molecule has 1 saturated heterocycles. The Morgan fingerprint density at radius 3 is 2.47 bits per heavy atom. The Balaban J connectivity index is 2.11. The molecule has 1 aliphatic heterocycles. The molecule has 2 heterocycles. The summed E-state index contributed by atoms with van der Waals surface area (Å²) >= 11 is 0. The monoisotopic (exact) mass is 480 g/mol. The SMILES string of the molecule is CC(C)C(NC(=O)C(CCC(=O)O)NC(=O)C(N)Cc1cnc[nH]1)C(=O)N1CCCC1C(=O)O. The summed E-state index contributed by atoms with van der Waals surface area (Å²) < 4.78 is 0. The number of aromatic nitrogens is 2.